The molecule has 0 saturated carbocycles. The van der Waals surface area contributed by atoms with E-state index in [0.29, 0.717) is 0 Å². The number of hydrogen-bond donors (Lipinski definition) is 0. The van der Waals surface area contributed by atoms with Crippen LogP contribution < -0.4 is 0 Å². The number of aromatic nitrogens is 3. The summed E-state index contributed by atoms with van der Waals surface area (Å²) in [6.07, 6.45) is 0. The Balaban J connectivity index is 2.04. The molecular weight excluding hydrogens is 455 g/mol. The number of nitrogens with zero attached hydrogens (tertiary/aromatic N) is 4. The fourth-order valence-electron chi connectivity index (χ4n) is 2.89. The van der Waals surface area contributed by atoms with Crippen molar-refractivity contribution >= 4 is 51.2 Å². The van der Waals surface area contributed by atoms with Crippen LogP contribution in [-0.2, 0) is 0 Å². The van der Waals surface area contributed by atoms with E-state index in [1.807, 2.05) is 31.2 Å². The minimum atomic E-state index is -0.0891. The van der Waals surface area contributed by atoms with Gasteiger partial charge in [-0.15, -0.1) is 21.5 Å². The maximum Gasteiger partial charge on any atom is 0.173 e. The molecule has 4 rings (SSSR count). The van der Waals surface area contributed by atoms with Gasteiger partial charge in [0.05, 0.1) is 5.71 Å². The number of hydrogen-bond acceptors (Lipinski definition) is 4. The van der Waals surface area contributed by atoms with Crippen LogP contribution in [0, 0.1) is 20.8 Å². The van der Waals surface area contributed by atoms with Crippen LogP contribution in [0.15, 0.2) is 29.3 Å². The second-order valence-electron chi connectivity index (χ2n) is 5.72. The van der Waals surface area contributed by atoms with E-state index in [1.54, 1.807) is 11.3 Å². The normalized spacial score (nSPS) is 16.4. The van der Waals surface area contributed by atoms with Crippen molar-refractivity contribution in [3.8, 4) is 5.00 Å². The summed E-state index contributed by atoms with van der Waals surface area (Å²) >= 11 is 10.1. The third kappa shape index (κ3) is 2.43. The molecule has 1 aliphatic rings. The van der Waals surface area contributed by atoms with Gasteiger partial charge in [-0.1, -0.05) is 23.7 Å². The van der Waals surface area contributed by atoms with Crippen molar-refractivity contribution in [3.05, 3.63) is 62.5 Å². The number of aliphatic imine (C=N–C) groups is 1. The molecule has 0 fully saturated rings. The van der Waals surface area contributed by atoms with Crippen LogP contribution in [-0.4, -0.2) is 20.5 Å². The fraction of sp³-hybridized carbons (Fsp3) is 0.235. The van der Waals surface area contributed by atoms with E-state index < -0.39 is 0 Å². The standard InChI is InChI=1S/C17H14ClIN4S/c1-8-9(2)24-17-13(8)14(11-4-6-12(18)7-5-11)20-15(19)16-22-21-10(3)23(16)17/h4-7,15H,1-3H3/t15-/m1/s1. The van der Waals surface area contributed by atoms with Crippen molar-refractivity contribution in [1.29, 1.82) is 0 Å². The quantitative estimate of drug-likeness (QED) is 0.280. The lowest BCUT2D eigenvalue weighted by molar-refractivity contribution is 0.873. The van der Waals surface area contributed by atoms with Gasteiger partial charge in [0.2, 0.25) is 0 Å². The first-order valence-electron chi connectivity index (χ1n) is 7.48. The highest BCUT2D eigenvalue weighted by molar-refractivity contribution is 14.1. The van der Waals surface area contributed by atoms with Crippen LogP contribution in [0.1, 0.15) is 37.3 Å². The van der Waals surface area contributed by atoms with Crippen molar-refractivity contribution in [2.45, 2.75) is 24.8 Å². The van der Waals surface area contributed by atoms with E-state index in [-0.39, 0.29) is 4.05 Å². The summed E-state index contributed by atoms with van der Waals surface area (Å²) in [5.41, 5.74) is 4.49. The number of alkyl halides is 1. The minimum Gasteiger partial charge on any atom is -0.271 e. The van der Waals surface area contributed by atoms with Crippen LogP contribution in [0.2, 0.25) is 5.02 Å². The summed E-state index contributed by atoms with van der Waals surface area (Å²) in [6.45, 7) is 6.29. The Bertz CT molecular complexity index is 971. The van der Waals surface area contributed by atoms with Gasteiger partial charge in [0, 0.05) is 21.0 Å². The number of aryl methyl sites for hydroxylation is 2. The number of benzene rings is 1. The average molecular weight is 469 g/mol. The lowest BCUT2D eigenvalue weighted by atomic mass is 10.00. The second kappa shape index (κ2) is 5.93. The summed E-state index contributed by atoms with van der Waals surface area (Å²) in [7, 11) is 0. The van der Waals surface area contributed by atoms with Gasteiger partial charge in [-0.25, -0.2) is 0 Å². The van der Waals surface area contributed by atoms with Crippen molar-refractivity contribution in [2.24, 2.45) is 4.99 Å². The minimum absolute atomic E-state index is 0.0891. The monoisotopic (exact) mass is 468 g/mol. The molecule has 7 heteroatoms. The molecule has 1 aliphatic heterocycles. The topological polar surface area (TPSA) is 43.1 Å². The lowest BCUT2D eigenvalue weighted by Crippen LogP contribution is -2.07. The van der Waals surface area contributed by atoms with E-state index in [4.69, 9.17) is 16.6 Å². The lowest BCUT2D eigenvalue weighted by Gasteiger charge is -2.09. The van der Waals surface area contributed by atoms with E-state index in [1.165, 1.54) is 16.0 Å². The molecule has 4 nitrogen and oxygen atoms in total. The molecule has 0 bridgehead atoms. The summed E-state index contributed by atoms with van der Waals surface area (Å²) < 4.78 is 2.05. The molecule has 0 radical (unpaired) electrons. The molecular formula is C17H14ClIN4S. The van der Waals surface area contributed by atoms with Crippen molar-refractivity contribution in [3.63, 3.8) is 0 Å². The third-order valence-corrected chi connectivity index (χ3v) is 6.51. The number of halogens is 2. The molecule has 0 aliphatic carbocycles. The molecule has 3 aromatic rings. The number of fused-ring (bicyclic) bond motifs is 3. The van der Waals surface area contributed by atoms with Gasteiger partial charge in [0.15, 0.2) is 9.87 Å². The van der Waals surface area contributed by atoms with Crippen LogP contribution in [0.5, 0.6) is 0 Å². The maximum absolute atomic E-state index is 6.06. The first-order valence-corrected chi connectivity index (χ1v) is 9.92. The molecule has 0 unspecified atom stereocenters. The Kier molecular flexibility index (Phi) is 4.01. The van der Waals surface area contributed by atoms with Gasteiger partial charge in [0.25, 0.3) is 0 Å². The molecule has 1 aromatic carbocycles. The zero-order valence-electron chi connectivity index (χ0n) is 13.3. The predicted octanol–water partition coefficient (Wildman–Crippen LogP) is 5.19. The van der Waals surface area contributed by atoms with Gasteiger partial charge < -0.3 is 0 Å². The second-order valence-corrected chi connectivity index (χ2v) is 8.54. The van der Waals surface area contributed by atoms with Gasteiger partial charge in [-0.2, -0.15) is 0 Å². The predicted molar refractivity (Wildman–Crippen MR) is 107 cm³/mol. The summed E-state index contributed by atoms with van der Waals surface area (Å²) in [5.74, 6) is 1.77. The highest BCUT2D eigenvalue weighted by Gasteiger charge is 2.29. The molecule has 1 atom stereocenters. The van der Waals surface area contributed by atoms with Crippen LogP contribution in [0.25, 0.3) is 5.00 Å². The number of rotatable bonds is 1. The summed E-state index contributed by atoms with van der Waals surface area (Å²) in [6, 6.07) is 7.87. The van der Waals surface area contributed by atoms with E-state index in [0.717, 1.165) is 32.9 Å². The fourth-order valence-corrected chi connectivity index (χ4v) is 4.91. The molecule has 24 heavy (non-hydrogen) atoms. The maximum atomic E-state index is 6.06. The zero-order valence-corrected chi connectivity index (χ0v) is 17.1. The summed E-state index contributed by atoms with van der Waals surface area (Å²) in [4.78, 5) is 6.27. The average Bonchev–Trinajstić information content (AvgIpc) is 3.03. The third-order valence-electron chi connectivity index (χ3n) is 4.23. The zero-order chi connectivity index (χ0) is 17.0. The number of thiophene rings is 1. The van der Waals surface area contributed by atoms with Crippen LogP contribution >= 0.6 is 45.5 Å². The first-order chi connectivity index (χ1) is 11.5. The Morgan fingerprint density at radius 2 is 1.83 bits per heavy atom. The van der Waals surface area contributed by atoms with Crippen molar-refractivity contribution < 1.29 is 0 Å². The Morgan fingerprint density at radius 1 is 1.12 bits per heavy atom. The first kappa shape index (κ1) is 16.2. The smallest absolute Gasteiger partial charge is 0.173 e. The molecule has 3 heterocycles. The van der Waals surface area contributed by atoms with Crippen LogP contribution in [0.3, 0.4) is 0 Å². The SMILES string of the molecule is Cc1sc2c(c1C)C(c1ccc(Cl)cc1)=N[C@@H](I)c1nnc(C)n1-2. The largest absolute Gasteiger partial charge is 0.271 e. The Hall–Kier alpha value is -1.25. The van der Waals surface area contributed by atoms with E-state index >= 15 is 0 Å². The molecule has 0 spiro atoms. The van der Waals surface area contributed by atoms with E-state index in [9.17, 15) is 0 Å². The molecule has 122 valence electrons. The van der Waals surface area contributed by atoms with E-state index in [2.05, 4.69) is 51.2 Å². The van der Waals surface area contributed by atoms with Gasteiger partial charge in [0.1, 0.15) is 10.8 Å². The van der Waals surface area contributed by atoms with Gasteiger partial charge in [-0.05, 0) is 61.1 Å². The molecule has 2 aromatic heterocycles. The Morgan fingerprint density at radius 3 is 2.54 bits per heavy atom. The summed E-state index contributed by atoms with van der Waals surface area (Å²) in [5, 5.41) is 10.5. The van der Waals surface area contributed by atoms with Gasteiger partial charge in [-0.3, -0.25) is 9.56 Å². The molecule has 0 amide bonds. The highest BCUT2D eigenvalue weighted by atomic mass is 127. The van der Waals surface area contributed by atoms with Crippen molar-refractivity contribution in [1.82, 2.24) is 14.8 Å². The van der Waals surface area contributed by atoms with Crippen LogP contribution in [0.4, 0.5) is 0 Å². The van der Waals surface area contributed by atoms with Crippen molar-refractivity contribution in [2.75, 3.05) is 0 Å². The Labute approximate surface area is 162 Å². The highest BCUT2D eigenvalue weighted by Crippen LogP contribution is 2.40. The molecule has 0 N–H and O–H groups in total. The van der Waals surface area contributed by atoms with Gasteiger partial charge >= 0.3 is 0 Å². The molecule has 0 saturated heterocycles.